The number of nitrogens with zero attached hydrogens (tertiary/aromatic N) is 3. The fraction of sp³-hybridized carbons (Fsp3) is 0.500. The SMILES string of the molecule is CC(C)c1ccc(OC(C)c2nnc(SCC(N)=O)n2C(C)C)cc1. The molecule has 25 heavy (non-hydrogen) atoms. The zero-order valence-corrected chi connectivity index (χ0v) is 16.2. The van der Waals surface area contributed by atoms with Gasteiger partial charge in [-0.1, -0.05) is 37.7 Å². The molecule has 2 aromatic rings. The van der Waals surface area contributed by atoms with E-state index >= 15 is 0 Å². The first-order valence-corrected chi connectivity index (χ1v) is 9.40. The quantitative estimate of drug-likeness (QED) is 0.724. The van der Waals surface area contributed by atoms with Crippen LogP contribution in [0.15, 0.2) is 29.4 Å². The Kier molecular flexibility index (Phi) is 6.47. The molecule has 7 heteroatoms. The fourth-order valence-corrected chi connectivity index (χ4v) is 3.29. The van der Waals surface area contributed by atoms with Crippen molar-refractivity contribution in [2.24, 2.45) is 5.73 Å². The third kappa shape index (κ3) is 4.98. The van der Waals surface area contributed by atoms with Crippen LogP contribution < -0.4 is 10.5 Å². The third-order valence-electron chi connectivity index (χ3n) is 3.77. The van der Waals surface area contributed by atoms with Gasteiger partial charge in [-0.2, -0.15) is 0 Å². The van der Waals surface area contributed by atoms with Gasteiger partial charge in [0.15, 0.2) is 17.1 Å². The maximum absolute atomic E-state index is 11.0. The summed E-state index contributed by atoms with van der Waals surface area (Å²) in [4.78, 5) is 11.0. The van der Waals surface area contributed by atoms with Crippen molar-refractivity contribution in [1.82, 2.24) is 14.8 Å². The van der Waals surface area contributed by atoms with E-state index in [-0.39, 0.29) is 23.8 Å². The molecule has 2 N–H and O–H groups in total. The van der Waals surface area contributed by atoms with Crippen molar-refractivity contribution < 1.29 is 9.53 Å². The lowest BCUT2D eigenvalue weighted by molar-refractivity contribution is -0.115. The zero-order chi connectivity index (χ0) is 18.6. The second-order valence-electron chi connectivity index (χ2n) is 6.54. The molecule has 0 radical (unpaired) electrons. The average Bonchev–Trinajstić information content (AvgIpc) is 2.97. The predicted molar refractivity (Wildman–Crippen MR) is 99.9 cm³/mol. The minimum absolute atomic E-state index is 0.148. The number of carbonyl (C=O) groups excluding carboxylic acids is 1. The largest absolute Gasteiger partial charge is 0.483 e. The number of hydrogen-bond acceptors (Lipinski definition) is 5. The Labute approximate surface area is 153 Å². The minimum atomic E-state index is -0.376. The van der Waals surface area contributed by atoms with Gasteiger partial charge in [-0.15, -0.1) is 10.2 Å². The predicted octanol–water partition coefficient (Wildman–Crippen LogP) is 3.70. The number of hydrogen-bond donors (Lipinski definition) is 1. The minimum Gasteiger partial charge on any atom is -0.483 e. The van der Waals surface area contributed by atoms with Crippen molar-refractivity contribution in [3.8, 4) is 5.75 Å². The highest BCUT2D eigenvalue weighted by atomic mass is 32.2. The van der Waals surface area contributed by atoms with Gasteiger partial charge in [0.05, 0.1) is 5.75 Å². The molecule has 0 aliphatic rings. The van der Waals surface area contributed by atoms with Gasteiger partial charge in [-0.3, -0.25) is 4.79 Å². The van der Waals surface area contributed by atoms with Crippen molar-refractivity contribution >= 4 is 17.7 Å². The lowest BCUT2D eigenvalue weighted by Crippen LogP contribution is -2.16. The van der Waals surface area contributed by atoms with Crippen LogP contribution in [0.1, 0.15) is 64.1 Å². The standard InChI is InChI=1S/C18H26N4O2S/c1-11(2)14-6-8-15(9-7-14)24-13(5)17-20-21-18(22(17)12(3)4)25-10-16(19)23/h6-9,11-13H,10H2,1-5H3,(H2,19,23). The highest BCUT2D eigenvalue weighted by molar-refractivity contribution is 7.99. The average molecular weight is 362 g/mol. The van der Waals surface area contributed by atoms with E-state index in [2.05, 4.69) is 36.2 Å². The molecule has 1 amide bonds. The Morgan fingerprint density at radius 1 is 1.16 bits per heavy atom. The van der Waals surface area contributed by atoms with Gasteiger partial charge in [0.2, 0.25) is 5.91 Å². The molecule has 1 unspecified atom stereocenters. The number of nitrogens with two attached hydrogens (primary N) is 1. The summed E-state index contributed by atoms with van der Waals surface area (Å²) < 4.78 is 8.03. The molecule has 0 saturated carbocycles. The number of thioether (sulfide) groups is 1. The second-order valence-corrected chi connectivity index (χ2v) is 7.49. The van der Waals surface area contributed by atoms with Gasteiger partial charge < -0.3 is 15.0 Å². The van der Waals surface area contributed by atoms with Gasteiger partial charge in [0.1, 0.15) is 5.75 Å². The lowest BCUT2D eigenvalue weighted by Gasteiger charge is -2.19. The van der Waals surface area contributed by atoms with E-state index in [1.54, 1.807) is 0 Å². The molecular weight excluding hydrogens is 336 g/mol. The van der Waals surface area contributed by atoms with Gasteiger partial charge >= 0.3 is 0 Å². The van der Waals surface area contributed by atoms with Crippen molar-refractivity contribution in [2.75, 3.05) is 5.75 Å². The van der Waals surface area contributed by atoms with Crippen molar-refractivity contribution in [3.05, 3.63) is 35.7 Å². The number of rotatable bonds is 8. The van der Waals surface area contributed by atoms with Crippen LogP contribution >= 0.6 is 11.8 Å². The molecule has 1 heterocycles. The summed E-state index contributed by atoms with van der Waals surface area (Å²) in [5, 5.41) is 9.15. The summed E-state index contributed by atoms with van der Waals surface area (Å²) in [6.07, 6.45) is -0.261. The summed E-state index contributed by atoms with van der Waals surface area (Å²) in [7, 11) is 0. The van der Waals surface area contributed by atoms with Crippen LogP contribution in [-0.2, 0) is 4.79 Å². The Balaban J connectivity index is 2.17. The highest BCUT2D eigenvalue weighted by Gasteiger charge is 2.21. The zero-order valence-electron chi connectivity index (χ0n) is 15.4. The van der Waals surface area contributed by atoms with Crippen LogP contribution in [0.3, 0.4) is 0 Å². The van der Waals surface area contributed by atoms with Crippen LogP contribution in [0.25, 0.3) is 0 Å². The molecule has 0 fully saturated rings. The van der Waals surface area contributed by atoms with E-state index in [1.807, 2.05) is 37.5 Å². The number of amides is 1. The van der Waals surface area contributed by atoms with Gasteiger partial charge in [-0.25, -0.2) is 0 Å². The van der Waals surface area contributed by atoms with E-state index in [0.717, 1.165) is 11.6 Å². The maximum Gasteiger partial charge on any atom is 0.227 e. The monoisotopic (exact) mass is 362 g/mol. The molecule has 6 nitrogen and oxygen atoms in total. The van der Waals surface area contributed by atoms with Crippen molar-refractivity contribution in [2.45, 2.75) is 57.8 Å². The highest BCUT2D eigenvalue weighted by Crippen LogP contribution is 2.28. The third-order valence-corrected chi connectivity index (χ3v) is 4.74. The number of ether oxygens (including phenoxy) is 1. The van der Waals surface area contributed by atoms with Gasteiger partial charge in [-0.05, 0) is 44.4 Å². The van der Waals surface area contributed by atoms with E-state index in [4.69, 9.17) is 10.5 Å². The van der Waals surface area contributed by atoms with Crippen LogP contribution in [0.2, 0.25) is 0 Å². The van der Waals surface area contributed by atoms with Crippen molar-refractivity contribution in [3.63, 3.8) is 0 Å². The normalized spacial score (nSPS) is 12.6. The summed E-state index contributed by atoms with van der Waals surface area (Å²) in [6, 6.07) is 8.26. The van der Waals surface area contributed by atoms with Crippen LogP contribution in [0.4, 0.5) is 0 Å². The summed E-state index contributed by atoms with van der Waals surface area (Å²) in [5.41, 5.74) is 6.50. The number of carbonyl (C=O) groups is 1. The molecular formula is C18H26N4O2S. The van der Waals surface area contributed by atoms with E-state index in [0.29, 0.717) is 11.1 Å². The molecule has 1 aromatic heterocycles. The molecule has 0 bridgehead atoms. The van der Waals surface area contributed by atoms with Crippen LogP contribution in [-0.4, -0.2) is 26.4 Å². The topological polar surface area (TPSA) is 83.0 Å². The Morgan fingerprint density at radius 3 is 2.32 bits per heavy atom. The summed E-state index contributed by atoms with van der Waals surface area (Å²) in [5.74, 6) is 1.81. The molecule has 0 spiro atoms. The molecule has 0 aliphatic carbocycles. The lowest BCUT2D eigenvalue weighted by atomic mass is 10.0. The number of benzene rings is 1. The summed E-state index contributed by atoms with van der Waals surface area (Å²) in [6.45, 7) is 10.4. The van der Waals surface area contributed by atoms with E-state index < -0.39 is 0 Å². The fourth-order valence-electron chi connectivity index (χ4n) is 2.47. The number of aromatic nitrogens is 3. The second kappa shape index (κ2) is 8.38. The smallest absolute Gasteiger partial charge is 0.227 e. The van der Waals surface area contributed by atoms with Gasteiger partial charge in [0.25, 0.3) is 0 Å². The first-order valence-electron chi connectivity index (χ1n) is 8.42. The Bertz CT molecular complexity index is 710. The van der Waals surface area contributed by atoms with Crippen LogP contribution in [0, 0.1) is 0 Å². The summed E-state index contributed by atoms with van der Waals surface area (Å²) >= 11 is 1.29. The molecule has 0 aliphatic heterocycles. The van der Waals surface area contributed by atoms with E-state index in [9.17, 15) is 4.79 Å². The molecule has 2 rings (SSSR count). The molecule has 1 aromatic carbocycles. The Hall–Kier alpha value is -2.02. The molecule has 136 valence electrons. The van der Waals surface area contributed by atoms with Crippen LogP contribution in [0.5, 0.6) is 5.75 Å². The Morgan fingerprint density at radius 2 is 1.80 bits per heavy atom. The van der Waals surface area contributed by atoms with Crippen molar-refractivity contribution in [1.29, 1.82) is 0 Å². The maximum atomic E-state index is 11.0. The molecule has 1 atom stereocenters. The van der Waals surface area contributed by atoms with E-state index in [1.165, 1.54) is 17.3 Å². The first kappa shape index (κ1) is 19.3. The first-order chi connectivity index (χ1) is 11.8. The molecule has 0 saturated heterocycles. The van der Waals surface area contributed by atoms with Gasteiger partial charge in [0, 0.05) is 6.04 Å². The number of primary amides is 1.